The van der Waals surface area contributed by atoms with Crippen molar-refractivity contribution >= 4 is 22.7 Å². The molecule has 0 unspecified atom stereocenters. The number of benzene rings is 2. The van der Waals surface area contributed by atoms with E-state index in [0.29, 0.717) is 41.2 Å². The molecule has 0 radical (unpaired) electrons. The molecule has 0 spiro atoms. The SMILES string of the molecule is Nc1nc(N)c2c(OCCN3CCN(Cc4ccc(F)cc4F)CC3)cccc2n1. The molecule has 1 aliphatic heterocycles. The van der Waals surface area contributed by atoms with Crippen LogP contribution in [-0.4, -0.2) is 59.1 Å². The summed E-state index contributed by atoms with van der Waals surface area (Å²) in [6.45, 7) is 5.05. The summed E-state index contributed by atoms with van der Waals surface area (Å²) < 4.78 is 32.9. The summed E-state index contributed by atoms with van der Waals surface area (Å²) in [5.41, 5.74) is 12.8. The van der Waals surface area contributed by atoms with Crippen molar-refractivity contribution in [3.8, 4) is 5.75 Å². The van der Waals surface area contributed by atoms with Crippen molar-refractivity contribution in [2.24, 2.45) is 0 Å². The molecule has 3 aromatic rings. The average molecular weight is 414 g/mol. The van der Waals surface area contributed by atoms with Crippen molar-refractivity contribution in [2.45, 2.75) is 6.54 Å². The molecule has 0 amide bonds. The quantitative estimate of drug-likeness (QED) is 0.639. The van der Waals surface area contributed by atoms with E-state index >= 15 is 0 Å². The second-order valence-corrected chi connectivity index (χ2v) is 7.32. The van der Waals surface area contributed by atoms with Gasteiger partial charge in [-0.1, -0.05) is 12.1 Å². The Morgan fingerprint density at radius 1 is 0.967 bits per heavy atom. The highest BCUT2D eigenvalue weighted by molar-refractivity contribution is 5.94. The number of rotatable bonds is 6. The maximum Gasteiger partial charge on any atom is 0.222 e. The van der Waals surface area contributed by atoms with E-state index in [-0.39, 0.29) is 5.95 Å². The lowest BCUT2D eigenvalue weighted by Gasteiger charge is -2.34. The Hall–Kier alpha value is -3.04. The Balaban J connectivity index is 1.28. The first kappa shape index (κ1) is 20.2. The van der Waals surface area contributed by atoms with Gasteiger partial charge in [0.25, 0.3) is 0 Å². The molecule has 2 aromatic carbocycles. The zero-order chi connectivity index (χ0) is 21.1. The number of nitrogens with zero attached hydrogens (tertiary/aromatic N) is 4. The first-order valence-corrected chi connectivity index (χ1v) is 9.83. The van der Waals surface area contributed by atoms with Crippen molar-refractivity contribution in [1.82, 2.24) is 19.8 Å². The van der Waals surface area contributed by atoms with Crippen LogP contribution >= 0.6 is 0 Å². The lowest BCUT2D eigenvalue weighted by Crippen LogP contribution is -2.47. The topological polar surface area (TPSA) is 93.5 Å². The summed E-state index contributed by atoms with van der Waals surface area (Å²) in [6.07, 6.45) is 0. The van der Waals surface area contributed by atoms with Crippen molar-refractivity contribution in [1.29, 1.82) is 0 Å². The smallest absolute Gasteiger partial charge is 0.222 e. The minimum atomic E-state index is -0.552. The van der Waals surface area contributed by atoms with Gasteiger partial charge in [0.05, 0.1) is 10.9 Å². The van der Waals surface area contributed by atoms with E-state index in [1.54, 1.807) is 0 Å². The lowest BCUT2D eigenvalue weighted by molar-refractivity contribution is 0.112. The summed E-state index contributed by atoms with van der Waals surface area (Å²) in [4.78, 5) is 12.7. The predicted molar refractivity (Wildman–Crippen MR) is 112 cm³/mol. The normalized spacial score (nSPS) is 15.5. The summed E-state index contributed by atoms with van der Waals surface area (Å²) >= 11 is 0. The monoisotopic (exact) mass is 414 g/mol. The molecule has 4 rings (SSSR count). The second-order valence-electron chi connectivity index (χ2n) is 7.32. The van der Waals surface area contributed by atoms with Gasteiger partial charge in [-0.15, -0.1) is 0 Å². The Morgan fingerprint density at radius 3 is 2.50 bits per heavy atom. The van der Waals surface area contributed by atoms with Gasteiger partial charge in [0.15, 0.2) is 0 Å². The number of ether oxygens (including phenoxy) is 1. The van der Waals surface area contributed by atoms with Crippen LogP contribution < -0.4 is 16.2 Å². The van der Waals surface area contributed by atoms with Gasteiger partial charge in [-0.3, -0.25) is 9.80 Å². The molecule has 1 fully saturated rings. The molecule has 0 atom stereocenters. The van der Waals surface area contributed by atoms with Crippen LogP contribution in [0.1, 0.15) is 5.56 Å². The Morgan fingerprint density at radius 2 is 1.73 bits per heavy atom. The van der Waals surface area contributed by atoms with Crippen LogP contribution in [0.2, 0.25) is 0 Å². The molecule has 0 aliphatic carbocycles. The van der Waals surface area contributed by atoms with E-state index in [0.717, 1.165) is 38.8 Å². The van der Waals surface area contributed by atoms with Gasteiger partial charge >= 0.3 is 0 Å². The van der Waals surface area contributed by atoms with Gasteiger partial charge in [0.1, 0.15) is 29.8 Å². The number of nitrogen functional groups attached to an aromatic ring is 2. The number of aromatic nitrogens is 2. The summed E-state index contributed by atoms with van der Waals surface area (Å²) in [5.74, 6) is 0.0238. The highest BCUT2D eigenvalue weighted by Crippen LogP contribution is 2.29. The van der Waals surface area contributed by atoms with Gasteiger partial charge < -0.3 is 16.2 Å². The van der Waals surface area contributed by atoms with Crippen molar-refractivity contribution in [2.75, 3.05) is 50.8 Å². The minimum absolute atomic E-state index is 0.135. The van der Waals surface area contributed by atoms with Gasteiger partial charge in [0, 0.05) is 50.9 Å². The predicted octanol–water partition coefficient (Wildman–Crippen LogP) is 2.27. The zero-order valence-corrected chi connectivity index (χ0v) is 16.5. The Labute approximate surface area is 173 Å². The third-order valence-electron chi connectivity index (χ3n) is 5.27. The number of hydrogen-bond donors (Lipinski definition) is 2. The standard InChI is InChI=1S/C21H24F2N6O/c22-15-5-4-14(16(23)12-15)13-29-8-6-28(7-9-29)10-11-30-18-3-1-2-17-19(18)20(24)27-21(25)26-17/h1-5,12H,6-11,13H2,(H4,24,25,26,27). The fraction of sp³-hybridized carbons (Fsp3) is 0.333. The van der Waals surface area contributed by atoms with E-state index in [2.05, 4.69) is 19.8 Å². The van der Waals surface area contributed by atoms with E-state index in [1.807, 2.05) is 18.2 Å². The molecule has 0 bridgehead atoms. The fourth-order valence-corrected chi connectivity index (χ4v) is 3.66. The zero-order valence-electron chi connectivity index (χ0n) is 16.5. The van der Waals surface area contributed by atoms with E-state index in [4.69, 9.17) is 16.2 Å². The average Bonchev–Trinajstić information content (AvgIpc) is 2.71. The number of nitrogens with two attached hydrogens (primary N) is 2. The molecule has 158 valence electrons. The van der Waals surface area contributed by atoms with Crippen LogP contribution in [0.25, 0.3) is 10.9 Å². The highest BCUT2D eigenvalue weighted by Gasteiger charge is 2.18. The number of anilines is 2. The van der Waals surface area contributed by atoms with Gasteiger partial charge in [-0.05, 0) is 18.2 Å². The molecule has 30 heavy (non-hydrogen) atoms. The van der Waals surface area contributed by atoms with Crippen molar-refractivity contribution in [3.63, 3.8) is 0 Å². The molecular weight excluding hydrogens is 390 g/mol. The van der Waals surface area contributed by atoms with Crippen LogP contribution in [0.5, 0.6) is 5.75 Å². The van der Waals surface area contributed by atoms with E-state index in [1.165, 1.54) is 12.1 Å². The highest BCUT2D eigenvalue weighted by atomic mass is 19.1. The number of halogens is 2. The molecule has 1 aromatic heterocycles. The van der Waals surface area contributed by atoms with Crippen LogP contribution in [-0.2, 0) is 6.54 Å². The summed E-state index contributed by atoms with van der Waals surface area (Å²) in [6, 6.07) is 9.25. The molecule has 4 N–H and O–H groups in total. The Kier molecular flexibility index (Phi) is 5.91. The first-order chi connectivity index (χ1) is 14.5. The molecule has 1 saturated heterocycles. The molecule has 7 nitrogen and oxygen atoms in total. The van der Waals surface area contributed by atoms with Crippen molar-refractivity contribution in [3.05, 3.63) is 53.6 Å². The first-order valence-electron chi connectivity index (χ1n) is 9.83. The fourth-order valence-electron chi connectivity index (χ4n) is 3.66. The maximum absolute atomic E-state index is 13.9. The van der Waals surface area contributed by atoms with Crippen LogP contribution in [0.3, 0.4) is 0 Å². The van der Waals surface area contributed by atoms with Gasteiger partial charge in [0.2, 0.25) is 5.95 Å². The van der Waals surface area contributed by atoms with E-state index in [9.17, 15) is 8.78 Å². The number of hydrogen-bond acceptors (Lipinski definition) is 7. The molecule has 0 saturated carbocycles. The lowest BCUT2D eigenvalue weighted by atomic mass is 10.2. The molecule has 1 aliphatic rings. The number of fused-ring (bicyclic) bond motifs is 1. The number of piperazine rings is 1. The third kappa shape index (κ3) is 4.58. The maximum atomic E-state index is 13.9. The molecular formula is C21H24F2N6O. The summed E-state index contributed by atoms with van der Waals surface area (Å²) in [5, 5.41) is 0.665. The van der Waals surface area contributed by atoms with Gasteiger partial charge in [-0.2, -0.15) is 4.98 Å². The molecule has 9 heteroatoms. The van der Waals surface area contributed by atoms with Crippen molar-refractivity contribution < 1.29 is 13.5 Å². The third-order valence-corrected chi connectivity index (χ3v) is 5.27. The summed E-state index contributed by atoms with van der Waals surface area (Å²) in [7, 11) is 0. The van der Waals surface area contributed by atoms with E-state index < -0.39 is 11.6 Å². The molecule has 2 heterocycles. The second kappa shape index (κ2) is 8.76. The van der Waals surface area contributed by atoms with Crippen LogP contribution in [0.4, 0.5) is 20.5 Å². The largest absolute Gasteiger partial charge is 0.491 e. The van der Waals surface area contributed by atoms with Gasteiger partial charge in [-0.25, -0.2) is 13.8 Å². The van der Waals surface area contributed by atoms with Crippen LogP contribution in [0, 0.1) is 11.6 Å². The van der Waals surface area contributed by atoms with Crippen LogP contribution in [0.15, 0.2) is 36.4 Å². The Bertz CT molecular complexity index is 1040. The minimum Gasteiger partial charge on any atom is -0.491 e.